The maximum absolute atomic E-state index is 11.7. The van der Waals surface area contributed by atoms with Crippen molar-refractivity contribution in [2.45, 2.75) is 38.5 Å². The molecule has 1 fully saturated rings. The Morgan fingerprint density at radius 2 is 2.17 bits per heavy atom. The highest BCUT2D eigenvalue weighted by atomic mass is 16.5. The summed E-state index contributed by atoms with van der Waals surface area (Å²) >= 11 is 0. The Hall–Kier alpha value is -1.96. The van der Waals surface area contributed by atoms with Crippen molar-refractivity contribution in [3.63, 3.8) is 0 Å². The van der Waals surface area contributed by atoms with Crippen LogP contribution in [0.2, 0.25) is 0 Å². The van der Waals surface area contributed by atoms with E-state index >= 15 is 0 Å². The van der Waals surface area contributed by atoms with E-state index in [4.69, 9.17) is 14.4 Å². The zero-order valence-electron chi connectivity index (χ0n) is 9.75. The first-order valence-corrected chi connectivity index (χ1v) is 5.51. The average Bonchev–Trinajstić information content (AvgIpc) is 2.94. The van der Waals surface area contributed by atoms with Crippen LogP contribution in [0.3, 0.4) is 0 Å². The van der Waals surface area contributed by atoms with E-state index in [1.54, 1.807) is 6.92 Å². The number of amides is 1. The Bertz CT molecular complexity index is 458. The molecule has 1 aromatic heterocycles. The van der Waals surface area contributed by atoms with Crippen molar-refractivity contribution in [2.75, 3.05) is 0 Å². The number of aromatic nitrogens is 2. The van der Waals surface area contributed by atoms with Crippen molar-refractivity contribution in [1.82, 2.24) is 15.5 Å². The van der Waals surface area contributed by atoms with E-state index in [2.05, 4.69) is 15.5 Å². The van der Waals surface area contributed by atoms with Gasteiger partial charge in [0.05, 0.1) is 6.54 Å². The Morgan fingerprint density at radius 3 is 2.72 bits per heavy atom. The van der Waals surface area contributed by atoms with E-state index in [1.165, 1.54) is 0 Å². The number of ether oxygens (including phenoxy) is 1. The summed E-state index contributed by atoms with van der Waals surface area (Å²) in [6.07, 6.45) is -0.889. The van der Waals surface area contributed by atoms with Gasteiger partial charge >= 0.3 is 5.97 Å². The van der Waals surface area contributed by atoms with Crippen LogP contribution in [0, 0.1) is 6.92 Å². The highest BCUT2D eigenvalue weighted by Crippen LogP contribution is 2.19. The van der Waals surface area contributed by atoms with Gasteiger partial charge in [0.15, 0.2) is 11.9 Å². The maximum atomic E-state index is 11.7. The molecule has 0 saturated carbocycles. The fraction of sp³-hybridized carbons (Fsp3) is 0.600. The molecular formula is C10H13N3O5. The van der Waals surface area contributed by atoms with E-state index in [0.29, 0.717) is 24.6 Å². The molecule has 1 amide bonds. The summed E-state index contributed by atoms with van der Waals surface area (Å²) in [5, 5.41) is 14.9. The minimum atomic E-state index is -1.04. The van der Waals surface area contributed by atoms with Gasteiger partial charge in [-0.25, -0.2) is 4.79 Å². The van der Waals surface area contributed by atoms with Crippen LogP contribution in [-0.2, 0) is 20.9 Å². The number of hydrogen-bond donors (Lipinski definition) is 2. The number of carboxylic acid groups (broad SMARTS) is 1. The van der Waals surface area contributed by atoms with Crippen molar-refractivity contribution in [3.05, 3.63) is 11.7 Å². The first kappa shape index (κ1) is 12.5. The van der Waals surface area contributed by atoms with Crippen molar-refractivity contribution in [1.29, 1.82) is 0 Å². The molecule has 8 nitrogen and oxygen atoms in total. The fourth-order valence-corrected chi connectivity index (χ4v) is 1.70. The third-order valence-corrected chi connectivity index (χ3v) is 2.57. The molecule has 1 aliphatic heterocycles. The van der Waals surface area contributed by atoms with E-state index in [9.17, 15) is 9.59 Å². The quantitative estimate of drug-likeness (QED) is 0.753. The average molecular weight is 255 g/mol. The van der Waals surface area contributed by atoms with Crippen LogP contribution in [-0.4, -0.2) is 39.3 Å². The molecule has 0 aliphatic carbocycles. The molecule has 1 aromatic rings. The van der Waals surface area contributed by atoms with Crippen LogP contribution in [0.1, 0.15) is 24.6 Å². The molecule has 2 N–H and O–H groups in total. The molecule has 1 aliphatic rings. The van der Waals surface area contributed by atoms with Crippen LogP contribution in [0.5, 0.6) is 0 Å². The minimum absolute atomic E-state index is 0.108. The zero-order valence-corrected chi connectivity index (χ0v) is 9.75. The Kier molecular flexibility index (Phi) is 3.56. The third-order valence-electron chi connectivity index (χ3n) is 2.57. The topological polar surface area (TPSA) is 115 Å². The molecular weight excluding hydrogens is 242 g/mol. The standard InChI is InChI=1S/C10H13N3O5/c1-5-12-8(18-13-5)4-11-9(14)6-2-3-7(17-6)10(15)16/h6-7H,2-4H2,1H3,(H,11,14)(H,15,16)/t6-,7+/m0/s1. The molecule has 98 valence electrons. The largest absolute Gasteiger partial charge is 0.479 e. The molecule has 0 radical (unpaired) electrons. The first-order valence-electron chi connectivity index (χ1n) is 5.51. The van der Waals surface area contributed by atoms with Gasteiger partial charge in [-0.15, -0.1) is 0 Å². The minimum Gasteiger partial charge on any atom is -0.479 e. The van der Waals surface area contributed by atoms with Gasteiger partial charge in [-0.05, 0) is 19.8 Å². The summed E-state index contributed by atoms with van der Waals surface area (Å²) < 4.78 is 9.93. The van der Waals surface area contributed by atoms with Gasteiger partial charge in [-0.3, -0.25) is 4.79 Å². The Balaban J connectivity index is 1.80. The number of nitrogens with one attached hydrogen (secondary N) is 1. The second-order valence-electron chi connectivity index (χ2n) is 3.98. The van der Waals surface area contributed by atoms with E-state index in [0.717, 1.165) is 0 Å². The number of nitrogens with zero attached hydrogens (tertiary/aromatic N) is 2. The van der Waals surface area contributed by atoms with Crippen LogP contribution >= 0.6 is 0 Å². The predicted molar refractivity (Wildman–Crippen MR) is 56.4 cm³/mol. The van der Waals surface area contributed by atoms with Gasteiger partial charge < -0.3 is 19.7 Å². The molecule has 2 atom stereocenters. The number of carbonyl (C=O) groups is 2. The lowest BCUT2D eigenvalue weighted by molar-refractivity contribution is -0.151. The summed E-state index contributed by atoms with van der Waals surface area (Å²) in [4.78, 5) is 26.3. The summed E-state index contributed by atoms with van der Waals surface area (Å²) in [5.41, 5.74) is 0. The molecule has 0 unspecified atom stereocenters. The fourth-order valence-electron chi connectivity index (χ4n) is 1.70. The predicted octanol–water partition coefficient (Wildman–Crippen LogP) is -0.374. The third kappa shape index (κ3) is 2.83. The summed E-state index contributed by atoms with van der Waals surface area (Å²) in [7, 11) is 0. The molecule has 1 saturated heterocycles. The summed E-state index contributed by atoms with van der Waals surface area (Å²) in [6.45, 7) is 1.78. The highest BCUT2D eigenvalue weighted by Gasteiger charge is 2.34. The molecule has 18 heavy (non-hydrogen) atoms. The normalized spacial score (nSPS) is 22.9. The first-order chi connectivity index (χ1) is 8.56. The van der Waals surface area contributed by atoms with Gasteiger partial charge in [-0.2, -0.15) is 4.98 Å². The summed E-state index contributed by atoms with van der Waals surface area (Å²) in [6, 6.07) is 0. The van der Waals surface area contributed by atoms with Gasteiger partial charge in [0.2, 0.25) is 11.8 Å². The van der Waals surface area contributed by atoms with Crippen LogP contribution in [0.4, 0.5) is 0 Å². The smallest absolute Gasteiger partial charge is 0.332 e. The molecule has 0 aromatic carbocycles. The number of aliphatic carboxylic acids is 1. The SMILES string of the molecule is Cc1noc(CNC(=O)[C@@H]2CC[C@H](C(=O)O)O2)n1. The molecule has 2 heterocycles. The van der Waals surface area contributed by atoms with Gasteiger partial charge in [0, 0.05) is 0 Å². The lowest BCUT2D eigenvalue weighted by Crippen LogP contribution is -2.35. The number of carboxylic acids is 1. The second kappa shape index (κ2) is 5.13. The molecule has 0 bridgehead atoms. The lowest BCUT2D eigenvalue weighted by atomic mass is 10.2. The number of rotatable bonds is 4. The van der Waals surface area contributed by atoms with E-state index < -0.39 is 18.2 Å². The molecule has 0 spiro atoms. The number of hydrogen-bond acceptors (Lipinski definition) is 6. The second-order valence-corrected chi connectivity index (χ2v) is 3.98. The van der Waals surface area contributed by atoms with Crippen molar-refractivity contribution < 1.29 is 24.0 Å². The molecule has 8 heteroatoms. The van der Waals surface area contributed by atoms with Gasteiger partial charge in [0.1, 0.15) is 6.10 Å². The monoisotopic (exact) mass is 255 g/mol. The number of carbonyl (C=O) groups excluding carboxylic acids is 1. The van der Waals surface area contributed by atoms with Gasteiger partial charge in [-0.1, -0.05) is 5.16 Å². The van der Waals surface area contributed by atoms with Crippen molar-refractivity contribution in [2.24, 2.45) is 0 Å². The Morgan fingerprint density at radius 1 is 1.44 bits per heavy atom. The van der Waals surface area contributed by atoms with E-state index in [-0.39, 0.29) is 12.5 Å². The van der Waals surface area contributed by atoms with Crippen molar-refractivity contribution in [3.8, 4) is 0 Å². The molecule has 2 rings (SSSR count). The lowest BCUT2D eigenvalue weighted by Gasteiger charge is -2.10. The van der Waals surface area contributed by atoms with Gasteiger partial charge in [0.25, 0.3) is 0 Å². The van der Waals surface area contributed by atoms with Crippen molar-refractivity contribution >= 4 is 11.9 Å². The van der Waals surface area contributed by atoms with Crippen LogP contribution < -0.4 is 5.32 Å². The van der Waals surface area contributed by atoms with Crippen LogP contribution in [0.25, 0.3) is 0 Å². The van der Waals surface area contributed by atoms with E-state index in [1.807, 2.05) is 0 Å². The summed E-state index contributed by atoms with van der Waals surface area (Å²) in [5.74, 6) is -0.622. The Labute approximate surface area is 102 Å². The van der Waals surface area contributed by atoms with Crippen LogP contribution in [0.15, 0.2) is 4.52 Å². The zero-order chi connectivity index (χ0) is 13.1. The maximum Gasteiger partial charge on any atom is 0.332 e. The highest BCUT2D eigenvalue weighted by molar-refractivity contribution is 5.82. The number of aryl methyl sites for hydroxylation is 1.